The van der Waals surface area contributed by atoms with Gasteiger partial charge in [0.15, 0.2) is 0 Å². The minimum absolute atomic E-state index is 0.0575. The highest BCUT2D eigenvalue weighted by Gasteiger charge is 2.67. The molecule has 12 nitrogen and oxygen atoms in total. The first-order valence-corrected chi connectivity index (χ1v) is 14.3. The average Bonchev–Trinajstić information content (AvgIpc) is 3.42. The molecule has 2 N–H and O–H groups in total. The number of ether oxygens (including phenoxy) is 2. The highest BCUT2D eigenvalue weighted by molar-refractivity contribution is 7.19. The Kier molecular flexibility index (Phi) is 11.3. The number of rotatable bonds is 11. The van der Waals surface area contributed by atoms with Crippen molar-refractivity contribution in [1.29, 1.82) is 0 Å². The number of carbonyl (C=O) groups excluding carboxylic acids is 6. The fourth-order valence-corrected chi connectivity index (χ4v) is 5.99. The maximum atomic E-state index is 15.0. The molecule has 0 atom stereocenters. The Balaban J connectivity index is 2.51. The molecular weight excluding hydrogens is 636 g/mol. The number of alkyl halides is 4. The maximum Gasteiger partial charge on any atom is 0.396 e. The Morgan fingerprint density at radius 2 is 0.955 bits per heavy atom. The molecule has 0 spiro atoms. The SMILES string of the molecule is CCOC(=O)c1c(NC(=O)C(F)(F)C(F)(F)C(=O)Nc2sc(C(=O)N(C)C)c(C)c2C(=O)OCC)sc(C(=O)N(C)C)c1C. The fraction of sp³-hybridized carbons (Fsp3) is 0.462. The van der Waals surface area contributed by atoms with Crippen LogP contribution >= 0.6 is 22.7 Å². The summed E-state index contributed by atoms with van der Waals surface area (Å²) in [6, 6.07) is 0. The quantitative estimate of drug-likeness (QED) is 0.270. The largest absolute Gasteiger partial charge is 0.462 e. The number of hydrogen-bond acceptors (Lipinski definition) is 10. The first kappa shape index (κ1) is 36.1. The number of esters is 2. The lowest BCUT2D eigenvalue weighted by Crippen LogP contribution is -2.56. The summed E-state index contributed by atoms with van der Waals surface area (Å²) in [5.41, 5.74) is -1.13. The number of nitrogens with one attached hydrogen (secondary N) is 2. The van der Waals surface area contributed by atoms with E-state index in [1.54, 1.807) is 0 Å². The number of thiophene rings is 2. The summed E-state index contributed by atoms with van der Waals surface area (Å²) >= 11 is 0.747. The van der Waals surface area contributed by atoms with Gasteiger partial charge in [-0.05, 0) is 38.8 Å². The second kappa shape index (κ2) is 13.7. The van der Waals surface area contributed by atoms with E-state index < -0.39 is 68.5 Å². The van der Waals surface area contributed by atoms with Gasteiger partial charge >= 0.3 is 35.6 Å². The second-order valence-corrected chi connectivity index (χ2v) is 11.5. The molecule has 0 aliphatic rings. The van der Waals surface area contributed by atoms with Gasteiger partial charge in [0.1, 0.15) is 10.0 Å². The van der Waals surface area contributed by atoms with E-state index in [4.69, 9.17) is 9.47 Å². The zero-order valence-electron chi connectivity index (χ0n) is 24.9. The molecule has 2 aromatic heterocycles. The van der Waals surface area contributed by atoms with Gasteiger partial charge in [-0.15, -0.1) is 22.7 Å². The standard InChI is InChI=1S/C26H30F4N4O8S2/c1-9-41-21(37)13-11(3)15(19(35)33(5)6)43-17(13)31-23(39)25(27,28)26(29,30)24(40)32-18-14(22(38)42-10-2)12(4)16(44-18)20(36)34(7)8/h9-10H2,1-8H3,(H,31,39)(H,32,40). The number of carbonyl (C=O) groups is 6. The zero-order valence-corrected chi connectivity index (χ0v) is 26.5. The van der Waals surface area contributed by atoms with Crippen molar-refractivity contribution >= 4 is 68.2 Å². The number of nitrogens with zero attached hydrogens (tertiary/aromatic N) is 2. The molecular formula is C26H30F4N4O8S2. The van der Waals surface area contributed by atoms with Gasteiger partial charge in [-0.1, -0.05) is 0 Å². The van der Waals surface area contributed by atoms with Crippen LogP contribution < -0.4 is 10.6 Å². The highest BCUT2D eigenvalue weighted by atomic mass is 32.1. The number of halogens is 4. The predicted molar refractivity (Wildman–Crippen MR) is 153 cm³/mol. The Morgan fingerprint density at radius 1 is 0.659 bits per heavy atom. The van der Waals surface area contributed by atoms with E-state index in [0.29, 0.717) is 22.7 Å². The van der Waals surface area contributed by atoms with Gasteiger partial charge in [0, 0.05) is 28.2 Å². The van der Waals surface area contributed by atoms with Crippen LogP contribution in [0.2, 0.25) is 0 Å². The summed E-state index contributed by atoms with van der Waals surface area (Å²) in [5, 5.41) is 1.70. The van der Waals surface area contributed by atoms with Crippen molar-refractivity contribution in [3.63, 3.8) is 0 Å². The first-order chi connectivity index (χ1) is 20.3. The molecule has 0 aliphatic heterocycles. The van der Waals surface area contributed by atoms with Crippen LogP contribution in [0.15, 0.2) is 0 Å². The summed E-state index contributed by atoms with van der Waals surface area (Å²) in [6.45, 7) is 5.05. The zero-order chi connectivity index (χ0) is 33.9. The molecule has 0 aliphatic carbocycles. The van der Waals surface area contributed by atoms with E-state index in [1.807, 2.05) is 0 Å². The van der Waals surface area contributed by atoms with Crippen molar-refractivity contribution in [2.45, 2.75) is 39.5 Å². The van der Waals surface area contributed by atoms with Crippen LogP contribution in [0.3, 0.4) is 0 Å². The molecule has 2 heterocycles. The first-order valence-electron chi connectivity index (χ1n) is 12.7. The van der Waals surface area contributed by atoms with Crippen molar-refractivity contribution in [3.8, 4) is 0 Å². The molecule has 0 fully saturated rings. The van der Waals surface area contributed by atoms with Crippen molar-refractivity contribution in [1.82, 2.24) is 9.80 Å². The monoisotopic (exact) mass is 666 g/mol. The van der Waals surface area contributed by atoms with Gasteiger partial charge in [-0.2, -0.15) is 17.6 Å². The number of hydrogen-bond donors (Lipinski definition) is 2. The second-order valence-electron chi connectivity index (χ2n) is 9.42. The normalized spacial score (nSPS) is 11.5. The van der Waals surface area contributed by atoms with Crippen molar-refractivity contribution in [2.75, 3.05) is 52.0 Å². The van der Waals surface area contributed by atoms with E-state index in [0.717, 1.165) is 9.80 Å². The summed E-state index contributed by atoms with van der Waals surface area (Å²) in [4.78, 5) is 77.2. The molecule has 0 aromatic carbocycles. The van der Waals surface area contributed by atoms with Crippen LogP contribution in [0.25, 0.3) is 0 Å². The van der Waals surface area contributed by atoms with Gasteiger partial charge in [0.05, 0.1) is 34.1 Å². The molecule has 242 valence electrons. The van der Waals surface area contributed by atoms with E-state index in [2.05, 4.69) is 0 Å². The Morgan fingerprint density at radius 3 is 1.20 bits per heavy atom. The Labute approximate surface area is 257 Å². The van der Waals surface area contributed by atoms with E-state index in [1.165, 1.54) is 66.5 Å². The van der Waals surface area contributed by atoms with Crippen LogP contribution in [-0.2, 0) is 19.1 Å². The Hall–Kier alpha value is -4.06. The smallest absolute Gasteiger partial charge is 0.396 e. The molecule has 44 heavy (non-hydrogen) atoms. The van der Waals surface area contributed by atoms with E-state index in [9.17, 15) is 28.8 Å². The van der Waals surface area contributed by atoms with Gasteiger partial charge in [0.2, 0.25) is 0 Å². The summed E-state index contributed by atoms with van der Waals surface area (Å²) < 4.78 is 69.9. The molecule has 0 radical (unpaired) electrons. The van der Waals surface area contributed by atoms with Gasteiger partial charge in [-0.3, -0.25) is 19.2 Å². The fourth-order valence-electron chi connectivity index (χ4n) is 3.56. The topological polar surface area (TPSA) is 151 Å². The molecule has 0 bridgehead atoms. The average molecular weight is 667 g/mol. The maximum absolute atomic E-state index is 15.0. The van der Waals surface area contributed by atoms with Crippen LogP contribution in [0.1, 0.15) is 65.0 Å². The predicted octanol–water partition coefficient (Wildman–Crippen LogP) is 4.03. The Bertz CT molecular complexity index is 1390. The summed E-state index contributed by atoms with van der Waals surface area (Å²) in [6.07, 6.45) is 0. The third kappa shape index (κ3) is 6.85. The summed E-state index contributed by atoms with van der Waals surface area (Å²) in [7, 11) is 5.44. The van der Waals surface area contributed by atoms with Gasteiger partial charge in [0.25, 0.3) is 11.8 Å². The molecule has 0 saturated heterocycles. The third-order valence-corrected chi connectivity index (χ3v) is 8.26. The lowest BCUT2D eigenvalue weighted by atomic mass is 10.1. The number of amides is 4. The lowest BCUT2D eigenvalue weighted by Gasteiger charge is -2.24. The lowest BCUT2D eigenvalue weighted by molar-refractivity contribution is -0.204. The molecule has 0 unspecified atom stereocenters. The van der Waals surface area contributed by atoms with Crippen LogP contribution in [0.4, 0.5) is 27.6 Å². The molecule has 4 amide bonds. The van der Waals surface area contributed by atoms with Crippen molar-refractivity contribution < 1.29 is 55.8 Å². The third-order valence-electron chi connectivity index (χ3n) is 5.87. The van der Waals surface area contributed by atoms with Crippen LogP contribution in [-0.4, -0.2) is 98.6 Å². The minimum Gasteiger partial charge on any atom is -0.462 e. The van der Waals surface area contributed by atoms with Crippen LogP contribution in [0, 0.1) is 13.8 Å². The van der Waals surface area contributed by atoms with Gasteiger partial charge in [-0.25, -0.2) is 9.59 Å². The molecule has 2 rings (SSSR count). The van der Waals surface area contributed by atoms with Crippen molar-refractivity contribution in [2.24, 2.45) is 0 Å². The molecule has 0 saturated carbocycles. The number of anilines is 2. The van der Waals surface area contributed by atoms with E-state index >= 15 is 17.6 Å². The minimum atomic E-state index is -5.73. The molecule has 18 heteroatoms. The summed E-state index contributed by atoms with van der Waals surface area (Å²) in [5.74, 6) is -20.4. The van der Waals surface area contributed by atoms with Crippen LogP contribution in [0.5, 0.6) is 0 Å². The highest BCUT2D eigenvalue weighted by Crippen LogP contribution is 2.41. The molecule has 2 aromatic rings. The van der Waals surface area contributed by atoms with Crippen molar-refractivity contribution in [3.05, 3.63) is 32.0 Å². The van der Waals surface area contributed by atoms with E-state index in [-0.39, 0.29) is 34.1 Å². The van der Waals surface area contributed by atoms with Gasteiger partial charge < -0.3 is 29.9 Å².